The van der Waals surface area contributed by atoms with Crippen LogP contribution in [0.25, 0.3) is 0 Å². The number of rotatable bonds is 16. The lowest BCUT2D eigenvalue weighted by molar-refractivity contribution is -0.428. The zero-order chi connectivity index (χ0) is 16.5. The Morgan fingerprint density at radius 2 is 1.55 bits per heavy atom. The first-order valence-corrected chi connectivity index (χ1v) is 8.90. The Morgan fingerprint density at radius 3 is 2.09 bits per heavy atom. The second-order valence-electron chi connectivity index (χ2n) is 5.92. The van der Waals surface area contributed by atoms with Crippen LogP contribution in [0.3, 0.4) is 0 Å². The topological polar surface area (TPSA) is 60.2 Å². The summed E-state index contributed by atoms with van der Waals surface area (Å²) in [6, 6.07) is 0. The predicted molar refractivity (Wildman–Crippen MR) is 91.1 cm³/mol. The van der Waals surface area contributed by atoms with Gasteiger partial charge in [-0.05, 0) is 31.8 Å². The number of nitrogens with zero attached hydrogens (tertiary/aromatic N) is 1. The Bertz CT molecular complexity index is 313. The molecule has 0 aliphatic carbocycles. The summed E-state index contributed by atoms with van der Waals surface area (Å²) in [5, 5.41) is 10.9. The summed E-state index contributed by atoms with van der Waals surface area (Å²) in [6.45, 7) is 2.23. The molecule has 0 rings (SSSR count). The van der Waals surface area contributed by atoms with Crippen LogP contribution in [0.2, 0.25) is 0 Å². The van der Waals surface area contributed by atoms with Crippen LogP contribution < -0.4 is 0 Å². The van der Waals surface area contributed by atoms with E-state index in [1.807, 2.05) is 6.29 Å². The summed E-state index contributed by atoms with van der Waals surface area (Å²) in [5.74, 6) is 0. The fourth-order valence-corrected chi connectivity index (χ4v) is 2.49. The molecule has 4 nitrogen and oxygen atoms in total. The van der Waals surface area contributed by atoms with Gasteiger partial charge in [0.2, 0.25) is 5.70 Å². The molecule has 0 amide bonds. The third kappa shape index (κ3) is 13.8. The Morgan fingerprint density at radius 1 is 0.955 bits per heavy atom. The first-order chi connectivity index (χ1) is 10.7. The monoisotopic (exact) mass is 310 g/mol. The van der Waals surface area contributed by atoms with Gasteiger partial charge in [0.15, 0.2) is 6.29 Å². The van der Waals surface area contributed by atoms with Crippen LogP contribution in [-0.4, -0.2) is 11.2 Å². The van der Waals surface area contributed by atoms with Crippen molar-refractivity contribution in [1.82, 2.24) is 0 Å². The Kier molecular flexibility index (Phi) is 15.3. The van der Waals surface area contributed by atoms with Crippen LogP contribution in [0, 0.1) is 10.1 Å². The van der Waals surface area contributed by atoms with Gasteiger partial charge in [0.25, 0.3) is 0 Å². The lowest BCUT2D eigenvalue weighted by atomic mass is 10.1. The van der Waals surface area contributed by atoms with Gasteiger partial charge in [0.05, 0.1) is 4.92 Å². The second-order valence-corrected chi connectivity index (χ2v) is 5.92. The minimum absolute atomic E-state index is 0.279. The summed E-state index contributed by atoms with van der Waals surface area (Å²) in [7, 11) is 0. The number of hydrogen-bond donors (Lipinski definition) is 0. The van der Waals surface area contributed by atoms with Gasteiger partial charge < -0.3 is 0 Å². The highest BCUT2D eigenvalue weighted by Gasteiger charge is 2.09. The van der Waals surface area contributed by atoms with Gasteiger partial charge in [-0.25, -0.2) is 0 Å². The molecular formula is C18H32NO3. The molecule has 0 fully saturated rings. The molecule has 127 valence electrons. The van der Waals surface area contributed by atoms with Crippen LogP contribution in [-0.2, 0) is 4.79 Å². The molecule has 0 atom stereocenters. The number of carbonyl (C=O) groups excluding carboxylic acids is 1. The molecule has 0 aromatic rings. The van der Waals surface area contributed by atoms with E-state index in [1.165, 1.54) is 44.9 Å². The molecule has 0 saturated carbocycles. The minimum Gasteiger partial charge on any atom is -0.291 e. The first-order valence-electron chi connectivity index (χ1n) is 8.90. The molecular weight excluding hydrogens is 278 g/mol. The second kappa shape index (κ2) is 16.2. The normalized spacial score (nSPS) is 11.6. The quantitative estimate of drug-likeness (QED) is 0.207. The molecule has 0 aliphatic rings. The molecule has 22 heavy (non-hydrogen) atoms. The van der Waals surface area contributed by atoms with Gasteiger partial charge in [0.1, 0.15) is 0 Å². The largest absolute Gasteiger partial charge is 0.291 e. The summed E-state index contributed by atoms with van der Waals surface area (Å²) >= 11 is 0. The van der Waals surface area contributed by atoms with E-state index in [0.717, 1.165) is 19.3 Å². The first kappa shape index (κ1) is 20.8. The highest BCUT2D eigenvalue weighted by Crippen LogP contribution is 2.14. The van der Waals surface area contributed by atoms with Gasteiger partial charge in [-0.15, -0.1) is 0 Å². The highest BCUT2D eigenvalue weighted by atomic mass is 16.6. The van der Waals surface area contributed by atoms with Gasteiger partial charge in [-0.3, -0.25) is 14.9 Å². The highest BCUT2D eigenvalue weighted by molar-refractivity contribution is 5.50. The third-order valence-corrected chi connectivity index (χ3v) is 3.88. The summed E-state index contributed by atoms with van der Waals surface area (Å²) in [4.78, 5) is 20.7. The number of unbranched alkanes of at least 4 members (excludes halogenated alkanes) is 11. The van der Waals surface area contributed by atoms with E-state index < -0.39 is 0 Å². The smallest absolute Gasteiger partial charge is 0.242 e. The maximum atomic E-state index is 10.9. The molecule has 1 radical (unpaired) electrons. The van der Waals surface area contributed by atoms with Crippen LogP contribution in [0.1, 0.15) is 96.8 Å². The van der Waals surface area contributed by atoms with Crippen molar-refractivity contribution in [3.63, 3.8) is 0 Å². The molecule has 0 aromatic heterocycles. The predicted octanol–water partition coefficient (Wildman–Crippen LogP) is 5.74. The van der Waals surface area contributed by atoms with E-state index in [-0.39, 0.29) is 4.92 Å². The average molecular weight is 310 g/mol. The molecule has 0 saturated heterocycles. The maximum Gasteiger partial charge on any atom is 0.242 e. The molecule has 0 aliphatic heterocycles. The van der Waals surface area contributed by atoms with Gasteiger partial charge in [-0.1, -0.05) is 58.3 Å². The molecule has 0 heterocycles. The SMILES string of the molecule is CCCCCCCCCCC/C=C(/CCCC[C]=O)[N+](=O)[O-]. The van der Waals surface area contributed by atoms with E-state index >= 15 is 0 Å². The van der Waals surface area contributed by atoms with E-state index in [1.54, 1.807) is 6.08 Å². The molecule has 0 unspecified atom stereocenters. The summed E-state index contributed by atoms with van der Waals surface area (Å²) in [5.41, 5.74) is 0.311. The Balaban J connectivity index is 3.60. The van der Waals surface area contributed by atoms with E-state index in [2.05, 4.69) is 6.92 Å². The van der Waals surface area contributed by atoms with Crippen molar-refractivity contribution in [2.75, 3.05) is 0 Å². The minimum atomic E-state index is -0.279. The molecule has 0 spiro atoms. The number of hydrogen-bond acceptors (Lipinski definition) is 3. The van der Waals surface area contributed by atoms with E-state index in [0.29, 0.717) is 31.4 Å². The van der Waals surface area contributed by atoms with Crippen molar-refractivity contribution in [2.24, 2.45) is 0 Å². The Hall–Kier alpha value is -1.19. The Labute approximate surface area is 135 Å². The number of allylic oxidation sites excluding steroid dienone is 2. The number of nitro groups is 1. The van der Waals surface area contributed by atoms with Crippen molar-refractivity contribution in [3.05, 3.63) is 21.9 Å². The lowest BCUT2D eigenvalue weighted by Gasteiger charge is -2.01. The standard InChI is InChI=1S/C18H32NO3/c1-2-3-4-5-6-7-8-9-10-12-15-18(19(21)22)16-13-11-14-17-20/h15H,2-14,16H2,1H3/b18-15-. The van der Waals surface area contributed by atoms with Gasteiger partial charge in [0, 0.05) is 12.8 Å². The summed E-state index contributed by atoms with van der Waals surface area (Å²) < 4.78 is 0. The molecule has 4 heteroatoms. The average Bonchev–Trinajstić information content (AvgIpc) is 2.50. The molecule has 0 N–H and O–H groups in total. The zero-order valence-electron chi connectivity index (χ0n) is 14.1. The third-order valence-electron chi connectivity index (χ3n) is 3.88. The molecule has 0 bridgehead atoms. The van der Waals surface area contributed by atoms with Crippen LogP contribution in [0.15, 0.2) is 11.8 Å². The van der Waals surface area contributed by atoms with Crippen molar-refractivity contribution in [3.8, 4) is 0 Å². The lowest BCUT2D eigenvalue weighted by Crippen LogP contribution is -1.99. The van der Waals surface area contributed by atoms with Crippen LogP contribution in [0.4, 0.5) is 0 Å². The van der Waals surface area contributed by atoms with Crippen LogP contribution in [0.5, 0.6) is 0 Å². The van der Waals surface area contributed by atoms with Gasteiger partial charge in [-0.2, -0.15) is 0 Å². The van der Waals surface area contributed by atoms with Crippen molar-refractivity contribution < 1.29 is 9.72 Å². The van der Waals surface area contributed by atoms with Gasteiger partial charge >= 0.3 is 0 Å². The van der Waals surface area contributed by atoms with E-state index in [4.69, 9.17) is 0 Å². The zero-order valence-corrected chi connectivity index (χ0v) is 14.1. The fourth-order valence-electron chi connectivity index (χ4n) is 2.49. The molecule has 0 aromatic carbocycles. The maximum absolute atomic E-state index is 10.9. The van der Waals surface area contributed by atoms with Crippen LogP contribution >= 0.6 is 0 Å². The van der Waals surface area contributed by atoms with Crippen molar-refractivity contribution in [1.29, 1.82) is 0 Å². The van der Waals surface area contributed by atoms with Crippen molar-refractivity contribution >= 4 is 6.29 Å². The van der Waals surface area contributed by atoms with Crippen molar-refractivity contribution in [2.45, 2.75) is 96.8 Å². The fraction of sp³-hybridized carbons (Fsp3) is 0.833. The summed E-state index contributed by atoms with van der Waals surface area (Å²) in [6.07, 6.45) is 18.0. The van der Waals surface area contributed by atoms with E-state index in [9.17, 15) is 14.9 Å².